The van der Waals surface area contributed by atoms with Crippen LogP contribution >= 0.6 is 11.6 Å². The summed E-state index contributed by atoms with van der Waals surface area (Å²) in [6.45, 7) is 4.70. The molecular formula is C20H22ClN5O. The topological polar surface area (TPSA) is 64.0 Å². The van der Waals surface area contributed by atoms with Gasteiger partial charge >= 0.3 is 0 Å². The minimum atomic E-state index is 0.594. The highest BCUT2D eigenvalue weighted by molar-refractivity contribution is 6.35. The number of halogens is 1. The highest BCUT2D eigenvalue weighted by atomic mass is 35.5. The van der Waals surface area contributed by atoms with Gasteiger partial charge in [-0.1, -0.05) is 11.6 Å². The maximum Gasteiger partial charge on any atom is 0.151 e. The Morgan fingerprint density at radius 1 is 1.11 bits per heavy atom. The predicted molar refractivity (Wildman–Crippen MR) is 106 cm³/mol. The molecule has 4 rings (SSSR count). The van der Waals surface area contributed by atoms with Crippen LogP contribution in [0.1, 0.15) is 25.0 Å². The van der Waals surface area contributed by atoms with E-state index in [1.54, 1.807) is 6.20 Å². The smallest absolute Gasteiger partial charge is 0.151 e. The van der Waals surface area contributed by atoms with Gasteiger partial charge in [0.15, 0.2) is 5.82 Å². The Hall–Kier alpha value is -2.47. The average molecular weight is 384 g/mol. The number of hydrogen-bond donors (Lipinski definition) is 0. The van der Waals surface area contributed by atoms with Crippen LogP contribution in [0.4, 0.5) is 5.82 Å². The second kappa shape index (κ2) is 8.05. The van der Waals surface area contributed by atoms with E-state index in [4.69, 9.17) is 16.3 Å². The molecule has 6 nitrogen and oxygen atoms in total. The molecular weight excluding hydrogens is 362 g/mol. The number of aryl methyl sites for hydroxylation is 1. The quantitative estimate of drug-likeness (QED) is 0.661. The summed E-state index contributed by atoms with van der Waals surface area (Å²) in [5.41, 5.74) is 1.73. The number of benzene rings is 1. The molecule has 0 N–H and O–H groups in total. The van der Waals surface area contributed by atoms with Crippen molar-refractivity contribution in [2.75, 3.05) is 24.6 Å². The van der Waals surface area contributed by atoms with Crippen LogP contribution in [0.3, 0.4) is 0 Å². The normalized spacial score (nSPS) is 15.3. The lowest BCUT2D eigenvalue weighted by Crippen LogP contribution is -2.34. The van der Waals surface area contributed by atoms with Crippen molar-refractivity contribution < 1.29 is 4.74 Å². The highest BCUT2D eigenvalue weighted by Crippen LogP contribution is 2.27. The zero-order valence-corrected chi connectivity index (χ0v) is 16.1. The molecule has 0 saturated carbocycles. The maximum atomic E-state index is 6.19. The summed E-state index contributed by atoms with van der Waals surface area (Å²) >= 11 is 6.19. The van der Waals surface area contributed by atoms with Crippen molar-refractivity contribution in [3.8, 4) is 5.75 Å². The first kappa shape index (κ1) is 17.9. The minimum Gasteiger partial charge on any atom is -0.494 e. The van der Waals surface area contributed by atoms with Crippen molar-refractivity contribution in [3.63, 3.8) is 0 Å². The number of rotatable bonds is 5. The SMILES string of the molecule is Cc1ccc(N2CCC(CCOc3ccc4nncc(Cl)c4c3)CC2)nn1. The second-order valence-corrected chi connectivity index (χ2v) is 7.38. The van der Waals surface area contributed by atoms with Gasteiger partial charge in [0.25, 0.3) is 0 Å². The van der Waals surface area contributed by atoms with Gasteiger partial charge in [-0.05, 0) is 62.4 Å². The van der Waals surface area contributed by atoms with Crippen LogP contribution in [0.2, 0.25) is 5.02 Å². The fourth-order valence-electron chi connectivity index (χ4n) is 3.45. The molecule has 0 aliphatic carbocycles. The van der Waals surface area contributed by atoms with Crippen LogP contribution < -0.4 is 9.64 Å². The van der Waals surface area contributed by atoms with Crippen LogP contribution in [0.15, 0.2) is 36.5 Å². The van der Waals surface area contributed by atoms with Crippen LogP contribution in [-0.4, -0.2) is 40.1 Å². The number of nitrogens with zero attached hydrogens (tertiary/aromatic N) is 5. The van der Waals surface area contributed by atoms with Crippen molar-refractivity contribution in [2.45, 2.75) is 26.2 Å². The van der Waals surface area contributed by atoms with E-state index in [0.29, 0.717) is 17.5 Å². The van der Waals surface area contributed by atoms with Crippen LogP contribution in [0.5, 0.6) is 5.75 Å². The molecule has 1 aliphatic rings. The summed E-state index contributed by atoms with van der Waals surface area (Å²) in [6, 6.07) is 9.83. The fraction of sp³-hybridized carbons (Fsp3) is 0.400. The van der Waals surface area contributed by atoms with Gasteiger partial charge in [0, 0.05) is 18.5 Å². The minimum absolute atomic E-state index is 0.594. The Bertz CT molecular complexity index is 910. The van der Waals surface area contributed by atoms with Gasteiger partial charge in [-0.15, -0.1) is 5.10 Å². The molecule has 27 heavy (non-hydrogen) atoms. The number of fused-ring (bicyclic) bond motifs is 1. The predicted octanol–water partition coefficient (Wildman–Crippen LogP) is 4.07. The fourth-order valence-corrected chi connectivity index (χ4v) is 3.64. The molecule has 2 aromatic heterocycles. The molecule has 3 heterocycles. The summed E-state index contributed by atoms with van der Waals surface area (Å²) < 4.78 is 5.95. The third kappa shape index (κ3) is 4.27. The van der Waals surface area contributed by atoms with Gasteiger partial charge in [-0.2, -0.15) is 15.3 Å². The maximum absolute atomic E-state index is 6.19. The van der Waals surface area contributed by atoms with E-state index in [1.165, 1.54) is 0 Å². The van der Waals surface area contributed by atoms with Gasteiger partial charge in [-0.25, -0.2) is 0 Å². The first-order valence-electron chi connectivity index (χ1n) is 9.28. The number of ether oxygens (including phenoxy) is 1. The van der Waals surface area contributed by atoms with Crippen molar-refractivity contribution >= 4 is 28.3 Å². The van der Waals surface area contributed by atoms with Gasteiger partial charge in [-0.3, -0.25) is 0 Å². The number of hydrogen-bond acceptors (Lipinski definition) is 6. The van der Waals surface area contributed by atoms with Crippen molar-refractivity contribution in [2.24, 2.45) is 5.92 Å². The van der Waals surface area contributed by atoms with E-state index in [9.17, 15) is 0 Å². The molecule has 1 saturated heterocycles. The summed E-state index contributed by atoms with van der Waals surface area (Å²) in [5, 5.41) is 17.8. The lowest BCUT2D eigenvalue weighted by molar-refractivity contribution is 0.258. The Labute approximate surface area is 163 Å². The average Bonchev–Trinajstić information content (AvgIpc) is 2.70. The van der Waals surface area contributed by atoms with E-state index in [2.05, 4.69) is 31.4 Å². The highest BCUT2D eigenvalue weighted by Gasteiger charge is 2.20. The molecule has 140 valence electrons. The van der Waals surface area contributed by atoms with Gasteiger partial charge < -0.3 is 9.64 Å². The summed E-state index contributed by atoms with van der Waals surface area (Å²) in [6.07, 6.45) is 4.91. The van der Waals surface area contributed by atoms with E-state index >= 15 is 0 Å². The first-order chi connectivity index (χ1) is 13.2. The molecule has 0 radical (unpaired) electrons. The summed E-state index contributed by atoms with van der Waals surface area (Å²) in [7, 11) is 0. The molecule has 1 fully saturated rings. The zero-order valence-electron chi connectivity index (χ0n) is 15.3. The van der Waals surface area contributed by atoms with Crippen molar-refractivity contribution in [1.29, 1.82) is 0 Å². The number of anilines is 1. The van der Waals surface area contributed by atoms with Gasteiger partial charge in [0.05, 0.1) is 29.0 Å². The van der Waals surface area contributed by atoms with Crippen LogP contribution in [0, 0.1) is 12.8 Å². The van der Waals surface area contributed by atoms with E-state index < -0.39 is 0 Å². The Balaban J connectivity index is 1.27. The van der Waals surface area contributed by atoms with E-state index in [0.717, 1.165) is 60.5 Å². The molecule has 1 aromatic carbocycles. The number of piperidine rings is 1. The first-order valence-corrected chi connectivity index (χ1v) is 9.66. The van der Waals surface area contributed by atoms with Crippen LogP contribution in [-0.2, 0) is 0 Å². The Morgan fingerprint density at radius 3 is 2.74 bits per heavy atom. The Morgan fingerprint density at radius 2 is 1.96 bits per heavy atom. The third-order valence-corrected chi connectivity index (χ3v) is 5.38. The van der Waals surface area contributed by atoms with E-state index in [-0.39, 0.29) is 0 Å². The molecule has 0 spiro atoms. The Kier molecular flexibility index (Phi) is 5.34. The molecule has 3 aromatic rings. The molecule has 1 aliphatic heterocycles. The van der Waals surface area contributed by atoms with Gasteiger partial charge in [0.1, 0.15) is 5.75 Å². The van der Waals surface area contributed by atoms with Crippen LogP contribution in [0.25, 0.3) is 10.9 Å². The molecule has 0 amide bonds. The zero-order chi connectivity index (χ0) is 18.6. The monoisotopic (exact) mass is 383 g/mol. The molecule has 0 bridgehead atoms. The van der Waals surface area contributed by atoms with Crippen molar-refractivity contribution in [3.05, 3.63) is 47.2 Å². The van der Waals surface area contributed by atoms with E-state index in [1.807, 2.05) is 31.2 Å². The lowest BCUT2D eigenvalue weighted by atomic mass is 9.94. The van der Waals surface area contributed by atoms with Crippen molar-refractivity contribution in [1.82, 2.24) is 20.4 Å². The molecule has 0 unspecified atom stereocenters. The summed E-state index contributed by atoms with van der Waals surface area (Å²) in [4.78, 5) is 2.32. The third-order valence-electron chi connectivity index (χ3n) is 5.08. The van der Waals surface area contributed by atoms with Gasteiger partial charge in [0.2, 0.25) is 0 Å². The number of aromatic nitrogens is 4. The second-order valence-electron chi connectivity index (χ2n) is 6.97. The molecule has 7 heteroatoms. The lowest BCUT2D eigenvalue weighted by Gasteiger charge is -2.32. The summed E-state index contributed by atoms with van der Waals surface area (Å²) in [5.74, 6) is 2.48. The largest absolute Gasteiger partial charge is 0.494 e. The standard InChI is InChI=1S/C20H22ClN5O/c1-14-2-5-20(25-23-14)26-9-6-15(7-10-26)8-11-27-16-3-4-19-17(12-16)18(21)13-22-24-19/h2-5,12-13,15H,6-11H2,1H3. The molecule has 0 atom stereocenters.